The normalized spacial score (nSPS) is 26.9. The van der Waals surface area contributed by atoms with Gasteiger partial charge in [0.25, 0.3) is 5.91 Å². The highest BCUT2D eigenvalue weighted by molar-refractivity contribution is 9.09. The molecule has 0 saturated heterocycles. The van der Waals surface area contributed by atoms with Gasteiger partial charge in [-0.05, 0) is 99.2 Å². The molecule has 1 aliphatic carbocycles. The van der Waals surface area contributed by atoms with Gasteiger partial charge in [-0.2, -0.15) is 0 Å². The first-order valence-corrected chi connectivity index (χ1v) is 19.8. The van der Waals surface area contributed by atoms with Gasteiger partial charge < -0.3 is 19.1 Å². The first kappa shape index (κ1) is 36.8. The van der Waals surface area contributed by atoms with Gasteiger partial charge in [0.1, 0.15) is 18.0 Å². The van der Waals surface area contributed by atoms with Crippen LogP contribution >= 0.6 is 27.5 Å². The van der Waals surface area contributed by atoms with Gasteiger partial charge in [0.15, 0.2) is 9.92 Å². The number of alkyl halides is 1. The second kappa shape index (κ2) is 16.1. The smallest absolute Gasteiger partial charge is 0.287 e. The summed E-state index contributed by atoms with van der Waals surface area (Å²) in [7, 11) is -3.75. The molecule has 2 amide bonds. The number of nitrogens with one attached hydrogen (secondary N) is 1. The van der Waals surface area contributed by atoms with E-state index in [1.54, 1.807) is 45.9 Å². The van der Waals surface area contributed by atoms with Crippen LogP contribution in [0.15, 0.2) is 57.8 Å². The molecule has 2 aromatic carbocycles. The molecule has 1 N–H and O–H groups in total. The maximum Gasteiger partial charge on any atom is 0.287 e. The highest BCUT2D eigenvalue weighted by atomic mass is 79.9. The predicted molar refractivity (Wildman–Crippen MR) is 193 cm³/mol. The number of amides is 2. The fourth-order valence-corrected chi connectivity index (χ4v) is 8.39. The number of hydrogen-bond donors (Lipinski definition) is 1. The third kappa shape index (κ3) is 8.82. The van der Waals surface area contributed by atoms with Crippen molar-refractivity contribution in [3.8, 4) is 5.75 Å². The molecule has 9 nitrogen and oxygen atoms in total. The Hall–Kier alpha value is -2.44. The van der Waals surface area contributed by atoms with Crippen molar-refractivity contribution < 1.29 is 28.0 Å². The SMILES string of the molecule is CC(C)C(=O)NS1(=O)=NC(=O)C(C)(C)OC/C=C/[C@H](OCCBr)[C@@H]2CC[C@H]2CN2CCCCc3cc(Cl)ccc3COc3ccc1cc32. The molecule has 2 heterocycles. The van der Waals surface area contributed by atoms with E-state index in [0.717, 1.165) is 61.8 Å². The maximum absolute atomic E-state index is 14.8. The second-order valence-corrected chi connectivity index (χ2v) is 16.7. The van der Waals surface area contributed by atoms with Crippen molar-refractivity contribution in [1.82, 2.24) is 4.72 Å². The van der Waals surface area contributed by atoms with Crippen LogP contribution < -0.4 is 14.4 Å². The van der Waals surface area contributed by atoms with Crippen molar-refractivity contribution in [1.29, 1.82) is 0 Å². The van der Waals surface area contributed by atoms with Crippen LogP contribution in [0.4, 0.5) is 5.69 Å². The number of aryl methyl sites for hydroxylation is 1. The average Bonchev–Trinajstić information content (AvgIpc) is 3.06. The summed E-state index contributed by atoms with van der Waals surface area (Å²) in [5.41, 5.74) is 1.58. The van der Waals surface area contributed by atoms with E-state index in [4.69, 9.17) is 25.8 Å². The fraction of sp³-hybridized carbons (Fsp3) is 0.556. The quantitative estimate of drug-likeness (QED) is 0.252. The van der Waals surface area contributed by atoms with E-state index in [0.29, 0.717) is 35.8 Å². The molecule has 3 aliphatic rings. The van der Waals surface area contributed by atoms with Crippen LogP contribution in [0.25, 0.3) is 0 Å². The zero-order valence-corrected chi connectivity index (χ0v) is 31.4. The number of anilines is 1. The summed E-state index contributed by atoms with van der Waals surface area (Å²) in [6.45, 7) is 9.13. The molecular weight excluding hydrogens is 718 g/mol. The lowest BCUT2D eigenvalue weighted by atomic mass is 9.70. The van der Waals surface area contributed by atoms with Gasteiger partial charge in [-0.3, -0.25) is 14.3 Å². The zero-order valence-electron chi connectivity index (χ0n) is 28.2. The molecule has 0 aromatic heterocycles. The van der Waals surface area contributed by atoms with E-state index in [-0.39, 0.29) is 17.6 Å². The van der Waals surface area contributed by atoms with Gasteiger partial charge >= 0.3 is 0 Å². The van der Waals surface area contributed by atoms with Crippen molar-refractivity contribution in [2.24, 2.45) is 22.1 Å². The van der Waals surface area contributed by atoms with Gasteiger partial charge in [0.2, 0.25) is 5.91 Å². The predicted octanol–water partition coefficient (Wildman–Crippen LogP) is 7.27. The van der Waals surface area contributed by atoms with Crippen LogP contribution in [0, 0.1) is 17.8 Å². The van der Waals surface area contributed by atoms with Crippen molar-refractivity contribution >= 4 is 54.9 Å². The van der Waals surface area contributed by atoms with E-state index in [9.17, 15) is 13.8 Å². The Morgan fingerprint density at radius 2 is 2.00 bits per heavy atom. The Morgan fingerprint density at radius 3 is 2.73 bits per heavy atom. The lowest BCUT2D eigenvalue weighted by molar-refractivity contribution is -0.137. The summed E-state index contributed by atoms with van der Waals surface area (Å²) in [5, 5.41) is 1.43. The lowest BCUT2D eigenvalue weighted by Gasteiger charge is -2.44. The zero-order chi connectivity index (χ0) is 34.5. The molecule has 1 unspecified atom stereocenters. The number of ether oxygens (including phenoxy) is 3. The molecule has 48 heavy (non-hydrogen) atoms. The molecule has 0 spiro atoms. The summed E-state index contributed by atoms with van der Waals surface area (Å²) in [4.78, 5) is 29.2. The number of halogens is 2. The maximum atomic E-state index is 14.8. The van der Waals surface area contributed by atoms with Crippen LogP contribution in [0.3, 0.4) is 0 Å². The Kier molecular flexibility index (Phi) is 12.3. The van der Waals surface area contributed by atoms with Gasteiger partial charge in [-0.1, -0.05) is 59.6 Å². The highest BCUT2D eigenvalue weighted by Gasteiger charge is 2.39. The van der Waals surface area contributed by atoms with E-state index in [2.05, 4.69) is 29.9 Å². The molecule has 0 radical (unpaired) electrons. The van der Waals surface area contributed by atoms with Crippen LogP contribution in [0.2, 0.25) is 5.02 Å². The van der Waals surface area contributed by atoms with Crippen LogP contribution in [0.5, 0.6) is 5.75 Å². The minimum atomic E-state index is -3.75. The van der Waals surface area contributed by atoms with Crippen LogP contribution in [0.1, 0.15) is 64.5 Å². The first-order chi connectivity index (χ1) is 22.9. The Labute approximate surface area is 298 Å². The minimum Gasteiger partial charge on any atom is -0.487 e. The van der Waals surface area contributed by atoms with Gasteiger partial charge in [-0.25, -0.2) is 4.21 Å². The molecule has 12 heteroatoms. The Bertz CT molecular complexity index is 1640. The second-order valence-electron chi connectivity index (χ2n) is 13.6. The van der Waals surface area contributed by atoms with Crippen molar-refractivity contribution in [2.75, 3.05) is 36.5 Å². The first-order valence-electron chi connectivity index (χ1n) is 16.8. The van der Waals surface area contributed by atoms with Crippen molar-refractivity contribution in [3.63, 3.8) is 0 Å². The van der Waals surface area contributed by atoms with Crippen LogP contribution in [-0.2, 0) is 42.0 Å². The highest BCUT2D eigenvalue weighted by Crippen LogP contribution is 2.42. The Morgan fingerprint density at radius 1 is 1.19 bits per heavy atom. The number of nitrogens with zero attached hydrogens (tertiary/aromatic N) is 2. The van der Waals surface area contributed by atoms with Gasteiger partial charge in [-0.15, -0.1) is 4.36 Å². The molecule has 4 atom stereocenters. The molecule has 5 rings (SSSR count). The lowest BCUT2D eigenvalue weighted by Crippen LogP contribution is -2.44. The van der Waals surface area contributed by atoms with E-state index in [1.165, 1.54) is 5.56 Å². The number of carbonyl (C=O) groups excluding carboxylic acids is 2. The summed E-state index contributed by atoms with van der Waals surface area (Å²) in [5.74, 6) is -0.425. The summed E-state index contributed by atoms with van der Waals surface area (Å²) >= 11 is 9.87. The molecule has 2 aromatic rings. The summed E-state index contributed by atoms with van der Waals surface area (Å²) < 4.78 is 40.4. The van der Waals surface area contributed by atoms with Gasteiger partial charge in [0, 0.05) is 29.4 Å². The molecule has 1 saturated carbocycles. The van der Waals surface area contributed by atoms with E-state index < -0.39 is 33.2 Å². The largest absolute Gasteiger partial charge is 0.487 e. The monoisotopic (exact) mass is 763 g/mol. The van der Waals surface area contributed by atoms with E-state index in [1.807, 2.05) is 30.4 Å². The van der Waals surface area contributed by atoms with Crippen molar-refractivity contribution in [2.45, 2.75) is 83.0 Å². The number of rotatable bonds is 5. The number of hydrogen-bond acceptors (Lipinski definition) is 7. The third-order valence-electron chi connectivity index (χ3n) is 9.36. The van der Waals surface area contributed by atoms with Crippen molar-refractivity contribution in [3.05, 3.63) is 64.7 Å². The number of fused-ring (bicyclic) bond motifs is 3. The minimum absolute atomic E-state index is 0.100. The summed E-state index contributed by atoms with van der Waals surface area (Å²) in [6.07, 6.45) is 8.65. The van der Waals surface area contributed by atoms with E-state index >= 15 is 0 Å². The molecule has 2 bridgehead atoms. The summed E-state index contributed by atoms with van der Waals surface area (Å²) in [6, 6.07) is 11.1. The molecule has 262 valence electrons. The molecule has 2 aliphatic heterocycles. The standard InChI is InChI=1S/C36H47BrClN3O6S/c1-24(2)34(42)39-48(44)29-13-15-33-31(21-29)41(17-6-5-8-25-20-28(38)12-10-27(25)23-46-33)22-26-11-14-30(26)32(45-19-16-37)9-7-18-47-36(3,4)35(43)40-48/h7,9-10,12-13,15,20-21,24,26,30,32H,5-6,8,11,14,16-19,22-23H2,1-4H3,(H,39,40,42,43,44)/b9-7+/t26-,30+,32-,48?/m0/s1. The Balaban J connectivity index is 1.65. The van der Waals surface area contributed by atoms with Gasteiger partial charge in [0.05, 0.1) is 29.9 Å². The number of benzene rings is 2. The molecular formula is C36H47BrClN3O6S. The average molecular weight is 765 g/mol. The topological polar surface area (TPSA) is 107 Å². The fourth-order valence-electron chi connectivity index (χ4n) is 6.25. The molecule has 1 fully saturated rings. The van der Waals surface area contributed by atoms with Crippen LogP contribution in [-0.4, -0.2) is 59.4 Å². The number of carbonyl (C=O) groups is 2. The third-order valence-corrected chi connectivity index (χ3v) is 11.7.